The first kappa shape index (κ1) is 13.3. The molecule has 0 amide bonds. The normalized spacial score (nSPS) is 20.6. The molecule has 1 aliphatic rings. The van der Waals surface area contributed by atoms with Gasteiger partial charge in [-0.3, -0.25) is 4.90 Å². The van der Waals surface area contributed by atoms with Crippen LogP contribution in [0.15, 0.2) is 11.4 Å². The number of nitrogens with one attached hydrogen (secondary N) is 1. The number of hydrogen-bond acceptors (Lipinski definition) is 3. The summed E-state index contributed by atoms with van der Waals surface area (Å²) in [7, 11) is 2.04. The van der Waals surface area contributed by atoms with Gasteiger partial charge in [-0.05, 0) is 69.4 Å². The zero-order valence-electron chi connectivity index (χ0n) is 10.6. The quantitative estimate of drug-likeness (QED) is 0.904. The van der Waals surface area contributed by atoms with Gasteiger partial charge in [-0.15, -0.1) is 11.3 Å². The van der Waals surface area contributed by atoms with Gasteiger partial charge in [0.25, 0.3) is 0 Å². The van der Waals surface area contributed by atoms with Gasteiger partial charge in [0.05, 0.1) is 4.34 Å². The van der Waals surface area contributed by atoms with Gasteiger partial charge in [-0.25, -0.2) is 0 Å². The maximum absolute atomic E-state index is 6.00. The summed E-state index contributed by atoms with van der Waals surface area (Å²) in [5, 5.41) is 5.47. The highest BCUT2D eigenvalue weighted by atomic mass is 35.5. The molecule has 1 aliphatic heterocycles. The Bertz CT molecular complexity index is 345. The van der Waals surface area contributed by atoms with Crippen molar-refractivity contribution in [2.75, 3.05) is 26.7 Å². The van der Waals surface area contributed by atoms with Gasteiger partial charge < -0.3 is 5.32 Å². The molecule has 1 fully saturated rings. The predicted molar refractivity (Wildman–Crippen MR) is 76.0 cm³/mol. The largest absolute Gasteiger partial charge is 0.319 e. The Morgan fingerprint density at radius 1 is 1.53 bits per heavy atom. The highest BCUT2D eigenvalue weighted by Gasteiger charge is 2.23. The van der Waals surface area contributed by atoms with E-state index in [1.165, 1.54) is 31.5 Å². The number of likely N-dealkylation sites (tertiary alicyclic amines) is 1. The molecule has 4 heteroatoms. The van der Waals surface area contributed by atoms with Gasteiger partial charge in [0.1, 0.15) is 0 Å². The van der Waals surface area contributed by atoms with E-state index in [0.29, 0.717) is 6.04 Å². The average Bonchev–Trinajstić information content (AvgIpc) is 2.76. The SMILES string of the molecule is CNCC1CCN(C(C)c2csc(Cl)c2)CC1. The standard InChI is InChI=1S/C13H21ClN2S/c1-10(12-7-13(14)17-9-12)16-5-3-11(4-6-16)8-15-2/h7,9-11,15H,3-6,8H2,1-2H3. The van der Waals surface area contributed by atoms with Gasteiger partial charge in [-0.2, -0.15) is 0 Å². The summed E-state index contributed by atoms with van der Waals surface area (Å²) >= 11 is 7.63. The van der Waals surface area contributed by atoms with Gasteiger partial charge in [0, 0.05) is 6.04 Å². The molecule has 0 aromatic carbocycles. The summed E-state index contributed by atoms with van der Waals surface area (Å²) in [6.45, 7) is 5.87. The van der Waals surface area contributed by atoms with Crippen LogP contribution < -0.4 is 5.32 Å². The molecule has 1 N–H and O–H groups in total. The topological polar surface area (TPSA) is 15.3 Å². The van der Waals surface area contributed by atoms with Crippen molar-refractivity contribution in [2.45, 2.75) is 25.8 Å². The van der Waals surface area contributed by atoms with Crippen molar-refractivity contribution < 1.29 is 0 Å². The zero-order chi connectivity index (χ0) is 12.3. The van der Waals surface area contributed by atoms with E-state index in [1.54, 1.807) is 11.3 Å². The number of rotatable bonds is 4. The lowest BCUT2D eigenvalue weighted by Crippen LogP contribution is -2.38. The van der Waals surface area contributed by atoms with Crippen LogP contribution in [0.3, 0.4) is 0 Å². The van der Waals surface area contributed by atoms with Crippen LogP contribution in [0.1, 0.15) is 31.4 Å². The first-order valence-corrected chi connectivity index (χ1v) is 7.59. The Morgan fingerprint density at radius 2 is 2.24 bits per heavy atom. The monoisotopic (exact) mass is 272 g/mol. The zero-order valence-corrected chi connectivity index (χ0v) is 12.2. The summed E-state index contributed by atoms with van der Waals surface area (Å²) in [4.78, 5) is 2.57. The molecule has 2 nitrogen and oxygen atoms in total. The molecule has 0 aliphatic carbocycles. The van der Waals surface area contributed by atoms with Gasteiger partial charge in [-0.1, -0.05) is 11.6 Å². The molecule has 1 aromatic rings. The fraction of sp³-hybridized carbons (Fsp3) is 0.692. The van der Waals surface area contributed by atoms with Crippen LogP contribution in [0.4, 0.5) is 0 Å². The molecular formula is C13H21ClN2S. The predicted octanol–water partition coefficient (Wildman–Crippen LogP) is 3.39. The summed E-state index contributed by atoms with van der Waals surface area (Å²) < 4.78 is 0.900. The molecular weight excluding hydrogens is 252 g/mol. The second-order valence-corrected chi connectivity index (χ2v) is 6.44. The highest BCUT2D eigenvalue weighted by molar-refractivity contribution is 7.14. The minimum absolute atomic E-state index is 0.509. The molecule has 0 radical (unpaired) electrons. The molecule has 0 spiro atoms. The van der Waals surface area contributed by atoms with Crippen molar-refractivity contribution in [1.82, 2.24) is 10.2 Å². The lowest BCUT2D eigenvalue weighted by Gasteiger charge is -2.35. The van der Waals surface area contributed by atoms with Crippen molar-refractivity contribution in [1.29, 1.82) is 0 Å². The minimum atomic E-state index is 0.509. The van der Waals surface area contributed by atoms with Gasteiger partial charge in [0.2, 0.25) is 0 Å². The Balaban J connectivity index is 1.88. The third-order valence-electron chi connectivity index (χ3n) is 3.76. The lowest BCUT2D eigenvalue weighted by atomic mass is 9.95. The van der Waals surface area contributed by atoms with Crippen LogP contribution in [-0.4, -0.2) is 31.6 Å². The van der Waals surface area contributed by atoms with Crippen molar-refractivity contribution in [3.63, 3.8) is 0 Å². The van der Waals surface area contributed by atoms with Crippen LogP contribution in [0.25, 0.3) is 0 Å². The van der Waals surface area contributed by atoms with E-state index in [9.17, 15) is 0 Å². The second kappa shape index (κ2) is 6.19. The number of thiophene rings is 1. The summed E-state index contributed by atoms with van der Waals surface area (Å²) in [6, 6.07) is 2.62. The van der Waals surface area contributed by atoms with Crippen LogP contribution in [0.5, 0.6) is 0 Å². The lowest BCUT2D eigenvalue weighted by molar-refractivity contribution is 0.141. The number of hydrogen-bond donors (Lipinski definition) is 1. The molecule has 1 saturated heterocycles. The summed E-state index contributed by atoms with van der Waals surface area (Å²) in [5.74, 6) is 0.856. The molecule has 96 valence electrons. The molecule has 1 atom stereocenters. The first-order chi connectivity index (χ1) is 8.20. The molecule has 0 saturated carbocycles. The number of halogens is 1. The maximum atomic E-state index is 6.00. The molecule has 1 unspecified atom stereocenters. The molecule has 2 heterocycles. The van der Waals surface area contributed by atoms with Crippen molar-refractivity contribution in [3.05, 3.63) is 21.3 Å². The van der Waals surface area contributed by atoms with E-state index in [0.717, 1.165) is 16.8 Å². The van der Waals surface area contributed by atoms with Crippen molar-refractivity contribution in [2.24, 2.45) is 5.92 Å². The summed E-state index contributed by atoms with van der Waals surface area (Å²) in [5.41, 5.74) is 1.37. The second-order valence-electron chi connectivity index (χ2n) is 4.90. The highest BCUT2D eigenvalue weighted by Crippen LogP contribution is 2.30. The Kier molecular flexibility index (Phi) is 4.86. The Labute approximate surface area is 113 Å². The number of piperidine rings is 1. The van der Waals surface area contributed by atoms with E-state index in [4.69, 9.17) is 11.6 Å². The molecule has 2 rings (SSSR count). The fourth-order valence-electron chi connectivity index (χ4n) is 2.59. The van der Waals surface area contributed by atoms with Crippen LogP contribution in [0.2, 0.25) is 4.34 Å². The van der Waals surface area contributed by atoms with Crippen molar-refractivity contribution in [3.8, 4) is 0 Å². The van der Waals surface area contributed by atoms with Crippen LogP contribution >= 0.6 is 22.9 Å². The Morgan fingerprint density at radius 3 is 2.76 bits per heavy atom. The van der Waals surface area contributed by atoms with Gasteiger partial charge >= 0.3 is 0 Å². The van der Waals surface area contributed by atoms with Crippen LogP contribution in [0, 0.1) is 5.92 Å². The first-order valence-electron chi connectivity index (χ1n) is 6.33. The Hall–Kier alpha value is -0.0900. The van der Waals surface area contributed by atoms with E-state index < -0.39 is 0 Å². The van der Waals surface area contributed by atoms with E-state index >= 15 is 0 Å². The third-order valence-corrected chi connectivity index (χ3v) is 4.87. The van der Waals surface area contributed by atoms with Crippen LogP contribution in [-0.2, 0) is 0 Å². The van der Waals surface area contributed by atoms with E-state index in [2.05, 4.69) is 28.6 Å². The smallest absolute Gasteiger partial charge is 0.0931 e. The molecule has 0 bridgehead atoms. The average molecular weight is 273 g/mol. The van der Waals surface area contributed by atoms with Crippen molar-refractivity contribution >= 4 is 22.9 Å². The fourth-order valence-corrected chi connectivity index (χ4v) is 3.56. The molecule has 17 heavy (non-hydrogen) atoms. The number of nitrogens with zero attached hydrogens (tertiary/aromatic N) is 1. The third kappa shape index (κ3) is 3.44. The van der Waals surface area contributed by atoms with E-state index in [1.807, 2.05) is 7.05 Å². The summed E-state index contributed by atoms with van der Waals surface area (Å²) in [6.07, 6.45) is 2.62. The minimum Gasteiger partial charge on any atom is -0.319 e. The van der Waals surface area contributed by atoms with E-state index in [-0.39, 0.29) is 0 Å². The molecule has 1 aromatic heterocycles. The maximum Gasteiger partial charge on any atom is 0.0931 e. The van der Waals surface area contributed by atoms with Gasteiger partial charge in [0.15, 0.2) is 0 Å².